The minimum Gasteiger partial charge on any atom is -0.462 e. The first-order valence-electron chi connectivity index (χ1n) is 10.8. The van der Waals surface area contributed by atoms with Crippen molar-refractivity contribution < 1.29 is 24.2 Å². The molecule has 0 aromatic rings. The molecule has 3 rings (SSSR count). The number of hydrogen-bond acceptors (Lipinski definition) is 5. The van der Waals surface area contributed by atoms with Crippen molar-refractivity contribution in [1.82, 2.24) is 0 Å². The molecule has 5 nitrogen and oxygen atoms in total. The number of aliphatic hydroxyl groups is 1. The molecule has 1 aliphatic heterocycles. The Morgan fingerprint density at radius 2 is 2.18 bits per heavy atom. The monoisotopic (exact) mass is 390 g/mol. The second-order valence-electron chi connectivity index (χ2n) is 8.76. The van der Waals surface area contributed by atoms with Crippen LogP contribution in [0.15, 0.2) is 23.8 Å². The van der Waals surface area contributed by atoms with E-state index in [4.69, 9.17) is 9.47 Å². The molecule has 28 heavy (non-hydrogen) atoms. The number of rotatable bonds is 6. The summed E-state index contributed by atoms with van der Waals surface area (Å²) in [6, 6.07) is 0. The van der Waals surface area contributed by atoms with Crippen molar-refractivity contribution in [1.29, 1.82) is 0 Å². The van der Waals surface area contributed by atoms with Crippen LogP contribution in [0.4, 0.5) is 0 Å². The van der Waals surface area contributed by atoms with E-state index >= 15 is 0 Å². The van der Waals surface area contributed by atoms with Gasteiger partial charge in [0.2, 0.25) is 0 Å². The summed E-state index contributed by atoms with van der Waals surface area (Å²) in [6.45, 7) is 6.14. The van der Waals surface area contributed by atoms with Gasteiger partial charge >= 0.3 is 11.9 Å². The van der Waals surface area contributed by atoms with Gasteiger partial charge in [-0.25, -0.2) is 0 Å². The number of allylic oxidation sites excluding steroid dienone is 3. The zero-order valence-electron chi connectivity index (χ0n) is 17.3. The standard InChI is InChI=1S/C23H34O5/c1-4-14(2)23(26)28-20-7-5-6-16-9-8-15(3)19(22(16)20)11-10-18-12-17(24)13-21(25)27-18/h6,8-9,14-15,17-20,22,24H,4-5,7,10-13H2,1-3H3/t14-,15?,17+,18+,19?,20?,22-/m0/s1. The van der Waals surface area contributed by atoms with Gasteiger partial charge in [-0.05, 0) is 49.5 Å². The van der Waals surface area contributed by atoms with E-state index in [0.29, 0.717) is 18.3 Å². The van der Waals surface area contributed by atoms with E-state index in [1.165, 1.54) is 5.57 Å². The molecule has 3 aliphatic rings. The molecule has 0 bridgehead atoms. The molecule has 1 heterocycles. The fraction of sp³-hybridized carbons (Fsp3) is 0.739. The fourth-order valence-electron chi connectivity index (χ4n) is 4.80. The summed E-state index contributed by atoms with van der Waals surface area (Å²) < 4.78 is 11.4. The lowest BCUT2D eigenvalue weighted by Gasteiger charge is -2.42. The van der Waals surface area contributed by atoms with E-state index in [2.05, 4.69) is 25.2 Å². The van der Waals surface area contributed by atoms with E-state index in [0.717, 1.165) is 32.1 Å². The molecule has 1 N–H and O–H groups in total. The summed E-state index contributed by atoms with van der Waals surface area (Å²) in [5, 5.41) is 9.86. The fourth-order valence-corrected chi connectivity index (χ4v) is 4.80. The molecule has 5 heteroatoms. The number of esters is 2. The van der Waals surface area contributed by atoms with Crippen LogP contribution in [0.2, 0.25) is 0 Å². The van der Waals surface area contributed by atoms with Crippen molar-refractivity contribution in [3.63, 3.8) is 0 Å². The Balaban J connectivity index is 1.70. The zero-order chi connectivity index (χ0) is 20.3. The summed E-state index contributed by atoms with van der Waals surface area (Å²) in [7, 11) is 0. The molecule has 0 aromatic heterocycles. The van der Waals surface area contributed by atoms with E-state index in [9.17, 15) is 14.7 Å². The Morgan fingerprint density at radius 1 is 1.39 bits per heavy atom. The van der Waals surface area contributed by atoms with Crippen molar-refractivity contribution in [2.75, 3.05) is 0 Å². The highest BCUT2D eigenvalue weighted by Crippen LogP contribution is 2.44. The molecule has 0 saturated carbocycles. The molecule has 2 aliphatic carbocycles. The van der Waals surface area contributed by atoms with Gasteiger partial charge in [0, 0.05) is 12.3 Å². The van der Waals surface area contributed by atoms with Crippen LogP contribution in [0.1, 0.15) is 65.7 Å². The average molecular weight is 391 g/mol. The van der Waals surface area contributed by atoms with Gasteiger partial charge in [-0.2, -0.15) is 0 Å². The number of cyclic esters (lactones) is 1. The highest BCUT2D eigenvalue weighted by molar-refractivity contribution is 5.72. The Morgan fingerprint density at radius 3 is 2.89 bits per heavy atom. The third-order valence-electron chi connectivity index (χ3n) is 6.69. The van der Waals surface area contributed by atoms with Crippen LogP contribution in [0, 0.1) is 23.7 Å². The van der Waals surface area contributed by atoms with Gasteiger partial charge in [-0.1, -0.05) is 39.0 Å². The quantitative estimate of drug-likeness (QED) is 0.695. The van der Waals surface area contributed by atoms with Gasteiger partial charge in [-0.15, -0.1) is 0 Å². The van der Waals surface area contributed by atoms with Crippen molar-refractivity contribution in [2.45, 2.75) is 84.0 Å². The lowest BCUT2D eigenvalue weighted by atomic mass is 9.66. The van der Waals surface area contributed by atoms with Crippen molar-refractivity contribution >= 4 is 11.9 Å². The van der Waals surface area contributed by atoms with Gasteiger partial charge in [0.05, 0.1) is 18.4 Å². The number of carbonyl (C=O) groups excluding carboxylic acids is 2. The minimum atomic E-state index is -0.593. The molecule has 156 valence electrons. The van der Waals surface area contributed by atoms with Crippen LogP contribution in [0.5, 0.6) is 0 Å². The number of carbonyl (C=O) groups is 2. The first-order chi connectivity index (χ1) is 13.4. The molecular weight excluding hydrogens is 356 g/mol. The van der Waals surface area contributed by atoms with Crippen LogP contribution < -0.4 is 0 Å². The molecule has 1 fully saturated rings. The van der Waals surface area contributed by atoms with Crippen LogP contribution >= 0.6 is 0 Å². The summed E-state index contributed by atoms with van der Waals surface area (Å²) in [5.41, 5.74) is 1.27. The van der Waals surface area contributed by atoms with Crippen molar-refractivity contribution in [3.8, 4) is 0 Å². The second kappa shape index (κ2) is 9.25. The smallest absolute Gasteiger partial charge is 0.308 e. The Kier molecular flexibility index (Phi) is 6.97. The van der Waals surface area contributed by atoms with Crippen LogP contribution in [0.3, 0.4) is 0 Å². The molecule has 7 atom stereocenters. The van der Waals surface area contributed by atoms with Gasteiger partial charge in [0.25, 0.3) is 0 Å². The predicted molar refractivity (Wildman–Crippen MR) is 106 cm³/mol. The lowest BCUT2D eigenvalue weighted by Crippen LogP contribution is -2.40. The normalized spacial score (nSPS) is 36.1. The molecule has 3 unspecified atom stereocenters. The number of ether oxygens (including phenoxy) is 2. The number of hydrogen-bond donors (Lipinski definition) is 1. The van der Waals surface area contributed by atoms with Gasteiger partial charge < -0.3 is 14.6 Å². The summed E-state index contributed by atoms with van der Waals surface area (Å²) in [4.78, 5) is 24.1. The maximum atomic E-state index is 12.4. The molecule has 0 aromatic carbocycles. The predicted octanol–water partition coefficient (Wildman–Crippen LogP) is 3.95. The Labute approximate surface area is 168 Å². The third kappa shape index (κ3) is 4.86. The molecule has 1 saturated heterocycles. The first kappa shape index (κ1) is 21.1. The van der Waals surface area contributed by atoms with Crippen molar-refractivity contribution in [2.24, 2.45) is 23.7 Å². The van der Waals surface area contributed by atoms with E-state index in [-0.39, 0.29) is 42.4 Å². The van der Waals surface area contributed by atoms with Gasteiger partial charge in [0.1, 0.15) is 12.2 Å². The minimum absolute atomic E-state index is 0.0764. The highest BCUT2D eigenvalue weighted by Gasteiger charge is 2.40. The largest absolute Gasteiger partial charge is 0.462 e. The van der Waals surface area contributed by atoms with Crippen molar-refractivity contribution in [3.05, 3.63) is 23.8 Å². The topological polar surface area (TPSA) is 72.8 Å². The first-order valence-corrected chi connectivity index (χ1v) is 10.8. The lowest BCUT2D eigenvalue weighted by molar-refractivity contribution is -0.162. The van der Waals surface area contributed by atoms with E-state index < -0.39 is 6.10 Å². The van der Waals surface area contributed by atoms with Crippen LogP contribution in [0.25, 0.3) is 0 Å². The Bertz CT molecular complexity index is 637. The van der Waals surface area contributed by atoms with Crippen LogP contribution in [-0.2, 0) is 19.1 Å². The summed E-state index contributed by atoms with van der Waals surface area (Å²) >= 11 is 0. The average Bonchev–Trinajstić information content (AvgIpc) is 2.66. The maximum Gasteiger partial charge on any atom is 0.308 e. The Hall–Kier alpha value is -1.62. The third-order valence-corrected chi connectivity index (χ3v) is 6.69. The molecular formula is C23H34O5. The van der Waals surface area contributed by atoms with Gasteiger partial charge in [-0.3, -0.25) is 9.59 Å². The summed E-state index contributed by atoms with van der Waals surface area (Å²) in [6.07, 6.45) is 10.6. The van der Waals surface area contributed by atoms with E-state index in [1.54, 1.807) is 0 Å². The van der Waals surface area contributed by atoms with E-state index in [1.807, 2.05) is 13.8 Å². The zero-order valence-corrected chi connectivity index (χ0v) is 17.3. The second-order valence-corrected chi connectivity index (χ2v) is 8.76. The summed E-state index contributed by atoms with van der Waals surface area (Å²) in [5.74, 6) is 0.426. The van der Waals surface area contributed by atoms with Gasteiger partial charge in [0.15, 0.2) is 0 Å². The molecule has 0 radical (unpaired) electrons. The SMILES string of the molecule is CC[C@H](C)C(=O)OC1CCC=C2C=CC(C)C(CC[C@@H]3C[C@@H](O)CC(=O)O3)[C@H]21. The van der Waals surface area contributed by atoms with Crippen LogP contribution in [-0.4, -0.2) is 35.4 Å². The molecule has 0 amide bonds. The molecule has 0 spiro atoms. The number of fused-ring (bicyclic) bond motifs is 1. The highest BCUT2D eigenvalue weighted by atomic mass is 16.5. The maximum absolute atomic E-state index is 12.4. The number of aliphatic hydroxyl groups excluding tert-OH is 1.